The summed E-state index contributed by atoms with van der Waals surface area (Å²) in [5, 5.41) is 0.505. The topological polar surface area (TPSA) is 42.1 Å². The second-order valence-electron chi connectivity index (χ2n) is 4.08. The molecule has 3 nitrogen and oxygen atoms in total. The Morgan fingerprint density at radius 1 is 1.35 bits per heavy atom. The van der Waals surface area contributed by atoms with Crippen molar-refractivity contribution < 1.29 is 17.9 Å². The number of nitrogens with one attached hydrogen (secondary N) is 1. The molecule has 0 radical (unpaired) electrons. The molecule has 108 valence electrons. The summed E-state index contributed by atoms with van der Waals surface area (Å²) in [6.07, 6.45) is -3.89. The fourth-order valence-electron chi connectivity index (χ4n) is 1.71. The molecule has 0 aliphatic carbocycles. The van der Waals surface area contributed by atoms with Crippen LogP contribution in [0.5, 0.6) is 5.75 Å². The van der Waals surface area contributed by atoms with Gasteiger partial charge in [-0.3, -0.25) is 4.79 Å². The second-order valence-corrected chi connectivity index (χ2v) is 5.22. The number of hydrogen-bond acceptors (Lipinski definition) is 3. The van der Waals surface area contributed by atoms with Gasteiger partial charge < -0.3 is 9.72 Å². The Bertz CT molecular complexity index is 667. The van der Waals surface area contributed by atoms with Gasteiger partial charge in [-0.2, -0.15) is 0 Å². The van der Waals surface area contributed by atoms with Gasteiger partial charge in [0.2, 0.25) is 0 Å². The fraction of sp³-hybridized carbons (Fsp3) is 0.308. The highest BCUT2D eigenvalue weighted by Gasteiger charge is 2.32. The summed E-state index contributed by atoms with van der Waals surface area (Å²) < 4.78 is 40.8. The molecule has 0 amide bonds. The molecule has 1 heterocycles. The molecule has 0 bridgehead atoms. The molecular formula is C13H12F3NO2S. The molecule has 0 saturated carbocycles. The smallest absolute Gasteiger partial charge is 0.404 e. The van der Waals surface area contributed by atoms with Gasteiger partial charge in [0.15, 0.2) is 5.75 Å². The monoisotopic (exact) mass is 303 g/mol. The zero-order valence-electron chi connectivity index (χ0n) is 10.6. The minimum absolute atomic E-state index is 0.0515. The number of aromatic amines is 1. The van der Waals surface area contributed by atoms with Crippen LogP contribution in [0.2, 0.25) is 0 Å². The van der Waals surface area contributed by atoms with E-state index >= 15 is 0 Å². The first-order valence-electron chi connectivity index (χ1n) is 5.95. The number of benzene rings is 1. The van der Waals surface area contributed by atoms with E-state index in [9.17, 15) is 18.0 Å². The molecule has 0 aliphatic rings. The van der Waals surface area contributed by atoms with Gasteiger partial charge in [0, 0.05) is 5.39 Å². The first-order valence-corrected chi connectivity index (χ1v) is 6.94. The van der Waals surface area contributed by atoms with E-state index in [-0.39, 0.29) is 5.52 Å². The molecule has 20 heavy (non-hydrogen) atoms. The van der Waals surface area contributed by atoms with E-state index < -0.39 is 17.7 Å². The number of rotatable bonds is 4. The van der Waals surface area contributed by atoms with Crippen molar-refractivity contribution in [3.63, 3.8) is 0 Å². The van der Waals surface area contributed by atoms with E-state index in [1.807, 2.05) is 6.92 Å². The van der Waals surface area contributed by atoms with Crippen molar-refractivity contribution in [2.24, 2.45) is 0 Å². The lowest BCUT2D eigenvalue weighted by atomic mass is 10.2. The highest BCUT2D eigenvalue weighted by molar-refractivity contribution is 7.99. The third-order valence-corrected chi connectivity index (χ3v) is 3.72. The van der Waals surface area contributed by atoms with Crippen LogP contribution in [0.25, 0.3) is 10.9 Å². The molecule has 0 saturated heterocycles. The molecule has 2 aromatic rings. The molecule has 1 N–H and O–H groups in total. The van der Waals surface area contributed by atoms with Crippen LogP contribution in [0.15, 0.2) is 34.0 Å². The molecule has 0 atom stereocenters. The van der Waals surface area contributed by atoms with Crippen LogP contribution < -0.4 is 10.3 Å². The molecule has 0 fully saturated rings. The van der Waals surface area contributed by atoms with Crippen LogP contribution in [0.1, 0.15) is 13.3 Å². The van der Waals surface area contributed by atoms with E-state index in [1.165, 1.54) is 23.9 Å². The van der Waals surface area contributed by atoms with Gasteiger partial charge in [-0.15, -0.1) is 24.9 Å². The van der Waals surface area contributed by atoms with Gasteiger partial charge in [-0.05, 0) is 24.3 Å². The lowest BCUT2D eigenvalue weighted by Gasteiger charge is -2.11. The minimum Gasteiger partial charge on any atom is -0.404 e. The average molecular weight is 303 g/mol. The first-order chi connectivity index (χ1) is 9.40. The number of para-hydroxylation sites is 1. The highest BCUT2D eigenvalue weighted by atomic mass is 32.2. The maximum absolute atomic E-state index is 12.3. The average Bonchev–Trinajstić information content (AvgIpc) is 2.35. The number of aromatic nitrogens is 1. The summed E-state index contributed by atoms with van der Waals surface area (Å²) in [4.78, 5) is 14.8. The molecule has 0 unspecified atom stereocenters. The fourth-order valence-corrected chi connectivity index (χ4v) is 2.53. The quantitative estimate of drug-likeness (QED) is 0.870. The zero-order chi connectivity index (χ0) is 14.8. The summed E-state index contributed by atoms with van der Waals surface area (Å²) in [5.74, 6) is 0.368. The van der Waals surface area contributed by atoms with E-state index in [1.54, 1.807) is 12.1 Å². The summed E-state index contributed by atoms with van der Waals surface area (Å²) in [7, 11) is 0. The van der Waals surface area contributed by atoms with Gasteiger partial charge in [-0.25, -0.2) is 0 Å². The third-order valence-electron chi connectivity index (χ3n) is 2.49. The Morgan fingerprint density at radius 3 is 2.75 bits per heavy atom. The number of halogens is 3. The molecule has 1 aromatic heterocycles. The summed E-state index contributed by atoms with van der Waals surface area (Å²) >= 11 is 1.37. The standard InChI is InChI=1S/C13H12F3NO2S/c1-2-6-20-10-7-8-4-3-5-9(19-13(14,15)16)11(8)17-12(10)18/h3-5,7H,2,6H2,1H3,(H,17,18). The summed E-state index contributed by atoms with van der Waals surface area (Å²) in [6.45, 7) is 1.98. The number of pyridine rings is 1. The van der Waals surface area contributed by atoms with Crippen molar-refractivity contribution in [1.29, 1.82) is 0 Å². The van der Waals surface area contributed by atoms with Crippen LogP contribution in [0.4, 0.5) is 13.2 Å². The van der Waals surface area contributed by atoms with Gasteiger partial charge in [0.1, 0.15) is 0 Å². The highest BCUT2D eigenvalue weighted by Crippen LogP contribution is 2.29. The first kappa shape index (κ1) is 14.8. The SMILES string of the molecule is CCCSc1cc2cccc(OC(F)(F)F)c2[nH]c1=O. The van der Waals surface area contributed by atoms with Crippen LogP contribution in [-0.4, -0.2) is 17.1 Å². The number of H-pyrrole nitrogens is 1. The maximum atomic E-state index is 12.3. The van der Waals surface area contributed by atoms with E-state index in [4.69, 9.17) is 0 Å². The Morgan fingerprint density at radius 2 is 2.10 bits per heavy atom. The van der Waals surface area contributed by atoms with Gasteiger partial charge in [-0.1, -0.05) is 19.1 Å². The van der Waals surface area contributed by atoms with Crippen LogP contribution in [0, 0.1) is 0 Å². The van der Waals surface area contributed by atoms with Crippen LogP contribution in [0.3, 0.4) is 0 Å². The van der Waals surface area contributed by atoms with Crippen molar-refractivity contribution >= 4 is 22.7 Å². The largest absolute Gasteiger partial charge is 0.573 e. The zero-order valence-corrected chi connectivity index (χ0v) is 11.4. The van der Waals surface area contributed by atoms with Crippen molar-refractivity contribution in [3.05, 3.63) is 34.6 Å². The molecule has 2 rings (SSSR count). The Labute approximate surface area is 117 Å². The Balaban J connectivity index is 2.48. The molecule has 7 heteroatoms. The lowest BCUT2D eigenvalue weighted by Crippen LogP contribution is -2.18. The maximum Gasteiger partial charge on any atom is 0.573 e. The third kappa shape index (κ3) is 3.47. The van der Waals surface area contributed by atoms with E-state index in [2.05, 4.69) is 9.72 Å². The van der Waals surface area contributed by atoms with Crippen molar-refractivity contribution in [2.75, 3.05) is 5.75 Å². The van der Waals surface area contributed by atoms with Gasteiger partial charge in [0.05, 0.1) is 10.4 Å². The van der Waals surface area contributed by atoms with Crippen molar-refractivity contribution in [2.45, 2.75) is 24.6 Å². The van der Waals surface area contributed by atoms with Crippen LogP contribution >= 0.6 is 11.8 Å². The predicted molar refractivity (Wildman–Crippen MR) is 72.3 cm³/mol. The molecular weight excluding hydrogens is 291 g/mol. The Hall–Kier alpha value is -1.63. The number of thioether (sulfide) groups is 1. The van der Waals surface area contributed by atoms with Crippen molar-refractivity contribution in [3.8, 4) is 5.75 Å². The van der Waals surface area contributed by atoms with Gasteiger partial charge in [0.25, 0.3) is 5.56 Å². The van der Waals surface area contributed by atoms with Crippen molar-refractivity contribution in [1.82, 2.24) is 4.98 Å². The predicted octanol–water partition coefficient (Wildman–Crippen LogP) is 3.93. The number of fused-ring (bicyclic) bond motifs is 1. The minimum atomic E-state index is -4.79. The van der Waals surface area contributed by atoms with Crippen LogP contribution in [-0.2, 0) is 0 Å². The number of alkyl halides is 3. The van der Waals surface area contributed by atoms with E-state index in [0.717, 1.165) is 12.2 Å². The number of hydrogen-bond donors (Lipinski definition) is 1. The number of ether oxygens (including phenoxy) is 1. The lowest BCUT2D eigenvalue weighted by molar-refractivity contribution is -0.274. The summed E-state index contributed by atoms with van der Waals surface area (Å²) in [5.41, 5.74) is -0.357. The Kier molecular flexibility index (Phi) is 4.27. The molecule has 0 spiro atoms. The normalized spacial score (nSPS) is 11.8. The molecule has 1 aromatic carbocycles. The van der Waals surface area contributed by atoms with E-state index in [0.29, 0.717) is 10.3 Å². The molecule has 0 aliphatic heterocycles. The summed E-state index contributed by atoms with van der Waals surface area (Å²) in [6, 6.07) is 5.84. The van der Waals surface area contributed by atoms with Gasteiger partial charge >= 0.3 is 6.36 Å². The second kappa shape index (κ2) is 5.78.